The van der Waals surface area contributed by atoms with Crippen LogP contribution in [0.2, 0.25) is 0 Å². The van der Waals surface area contributed by atoms with Gasteiger partial charge in [-0.15, -0.1) is 11.3 Å². The van der Waals surface area contributed by atoms with Crippen molar-refractivity contribution in [3.63, 3.8) is 0 Å². The van der Waals surface area contributed by atoms with Crippen molar-refractivity contribution in [3.05, 3.63) is 46.3 Å². The minimum absolute atomic E-state index is 0.300. The van der Waals surface area contributed by atoms with Crippen LogP contribution in [0.5, 0.6) is 0 Å². The first-order valence-electron chi connectivity index (χ1n) is 5.82. The lowest BCUT2D eigenvalue weighted by atomic mass is 10.2. The van der Waals surface area contributed by atoms with E-state index in [9.17, 15) is 8.42 Å². The second kappa shape index (κ2) is 5.32. The minimum Gasteiger partial charge on any atom is -0.326 e. The summed E-state index contributed by atoms with van der Waals surface area (Å²) in [6, 6.07) is 8.94. The van der Waals surface area contributed by atoms with Gasteiger partial charge in [-0.2, -0.15) is 0 Å². The number of anilines is 1. The molecule has 0 bridgehead atoms. The number of para-hydroxylation sites is 1. The van der Waals surface area contributed by atoms with Crippen LogP contribution in [0.3, 0.4) is 0 Å². The summed E-state index contributed by atoms with van der Waals surface area (Å²) in [6.07, 6.45) is 0. The molecule has 1 aromatic heterocycles. The van der Waals surface area contributed by atoms with Gasteiger partial charge in [-0.05, 0) is 37.1 Å². The number of sulfonamides is 1. The van der Waals surface area contributed by atoms with E-state index in [1.54, 1.807) is 18.2 Å². The molecule has 0 aliphatic rings. The number of nitrogens with one attached hydrogen (secondary N) is 1. The molecule has 0 fully saturated rings. The Morgan fingerprint density at radius 3 is 2.47 bits per heavy atom. The molecule has 6 heteroatoms. The minimum atomic E-state index is -3.53. The molecular formula is C13H16N2O2S2. The molecule has 1 heterocycles. The molecule has 0 saturated carbocycles. The van der Waals surface area contributed by atoms with Gasteiger partial charge < -0.3 is 5.73 Å². The summed E-state index contributed by atoms with van der Waals surface area (Å²) >= 11 is 1.22. The quantitative estimate of drug-likeness (QED) is 0.911. The molecule has 1 aromatic carbocycles. The van der Waals surface area contributed by atoms with Gasteiger partial charge in [0.25, 0.3) is 10.0 Å². The highest BCUT2D eigenvalue weighted by atomic mass is 32.2. The first-order chi connectivity index (χ1) is 8.94. The molecule has 4 nitrogen and oxygen atoms in total. The highest BCUT2D eigenvalue weighted by molar-refractivity contribution is 7.94. The van der Waals surface area contributed by atoms with Crippen LogP contribution in [0.25, 0.3) is 0 Å². The fourth-order valence-corrected chi connectivity index (χ4v) is 4.30. The monoisotopic (exact) mass is 296 g/mol. The van der Waals surface area contributed by atoms with Crippen molar-refractivity contribution in [2.75, 3.05) is 4.72 Å². The summed E-state index contributed by atoms with van der Waals surface area (Å²) in [5, 5.41) is 0. The van der Waals surface area contributed by atoms with E-state index in [4.69, 9.17) is 5.73 Å². The van der Waals surface area contributed by atoms with E-state index in [0.29, 0.717) is 16.4 Å². The Balaban J connectivity index is 2.35. The van der Waals surface area contributed by atoms with Crippen molar-refractivity contribution >= 4 is 27.0 Å². The Hall–Kier alpha value is -1.37. The first-order valence-corrected chi connectivity index (χ1v) is 8.12. The van der Waals surface area contributed by atoms with Gasteiger partial charge in [0.1, 0.15) is 4.21 Å². The highest BCUT2D eigenvalue weighted by Crippen LogP contribution is 2.28. The van der Waals surface area contributed by atoms with Gasteiger partial charge in [0.2, 0.25) is 0 Å². The summed E-state index contributed by atoms with van der Waals surface area (Å²) in [6.45, 7) is 4.09. The van der Waals surface area contributed by atoms with E-state index in [0.717, 1.165) is 16.0 Å². The molecule has 3 N–H and O–H groups in total. The fourth-order valence-electron chi connectivity index (χ4n) is 1.71. The molecule has 0 aliphatic heterocycles. The molecule has 19 heavy (non-hydrogen) atoms. The SMILES string of the molecule is Cc1ccccc1NS(=O)(=O)c1cc(C)c(CN)s1. The standard InChI is InChI=1S/C13H16N2O2S2/c1-9-5-3-4-6-11(9)15-19(16,17)13-7-10(2)12(8-14)18-13/h3-7,15H,8,14H2,1-2H3. The van der Waals surface area contributed by atoms with Crippen molar-refractivity contribution in [1.29, 1.82) is 0 Å². The Morgan fingerprint density at radius 1 is 1.21 bits per heavy atom. The van der Waals surface area contributed by atoms with Crippen molar-refractivity contribution in [2.24, 2.45) is 5.73 Å². The number of benzene rings is 1. The summed E-state index contributed by atoms with van der Waals surface area (Å²) in [4.78, 5) is 0.894. The van der Waals surface area contributed by atoms with Gasteiger partial charge in [-0.25, -0.2) is 8.42 Å². The van der Waals surface area contributed by atoms with E-state index in [1.807, 2.05) is 26.0 Å². The van der Waals surface area contributed by atoms with Gasteiger partial charge in [0.15, 0.2) is 0 Å². The number of hydrogen-bond acceptors (Lipinski definition) is 4. The normalized spacial score (nSPS) is 11.5. The van der Waals surface area contributed by atoms with Crippen LogP contribution in [0.1, 0.15) is 16.0 Å². The maximum atomic E-state index is 12.3. The molecule has 2 rings (SSSR count). The molecule has 0 atom stereocenters. The Bertz CT molecular complexity index is 690. The molecule has 0 saturated heterocycles. The smallest absolute Gasteiger partial charge is 0.271 e. The third kappa shape index (κ3) is 2.97. The average molecular weight is 296 g/mol. The molecule has 102 valence electrons. The van der Waals surface area contributed by atoms with Crippen LogP contribution >= 0.6 is 11.3 Å². The van der Waals surface area contributed by atoms with Gasteiger partial charge >= 0.3 is 0 Å². The Morgan fingerprint density at radius 2 is 1.89 bits per heavy atom. The van der Waals surface area contributed by atoms with Crippen LogP contribution in [0, 0.1) is 13.8 Å². The van der Waals surface area contributed by atoms with E-state index >= 15 is 0 Å². The summed E-state index contributed by atoms with van der Waals surface area (Å²) in [5.41, 5.74) is 7.98. The van der Waals surface area contributed by atoms with Gasteiger partial charge in [0, 0.05) is 11.4 Å². The Kier molecular flexibility index (Phi) is 3.93. The topological polar surface area (TPSA) is 72.2 Å². The summed E-state index contributed by atoms with van der Waals surface area (Å²) in [7, 11) is -3.53. The van der Waals surface area contributed by atoms with Crippen LogP contribution < -0.4 is 10.5 Å². The van der Waals surface area contributed by atoms with E-state index in [1.165, 1.54) is 11.3 Å². The molecule has 0 amide bonds. The first kappa shape index (κ1) is 14.0. The molecular weight excluding hydrogens is 280 g/mol. The molecule has 2 aromatic rings. The third-order valence-corrected chi connectivity index (χ3v) is 5.94. The fraction of sp³-hybridized carbons (Fsp3) is 0.231. The molecule has 0 radical (unpaired) electrons. The van der Waals surface area contributed by atoms with Crippen molar-refractivity contribution < 1.29 is 8.42 Å². The van der Waals surface area contributed by atoms with E-state index in [-0.39, 0.29) is 0 Å². The second-order valence-corrected chi connectivity index (χ2v) is 7.34. The zero-order valence-electron chi connectivity index (χ0n) is 10.8. The number of nitrogens with two attached hydrogens (primary N) is 1. The third-order valence-electron chi connectivity index (χ3n) is 2.84. The maximum absolute atomic E-state index is 12.3. The average Bonchev–Trinajstić information content (AvgIpc) is 2.74. The lowest BCUT2D eigenvalue weighted by Gasteiger charge is -2.08. The number of hydrogen-bond donors (Lipinski definition) is 2. The largest absolute Gasteiger partial charge is 0.326 e. The second-order valence-electron chi connectivity index (χ2n) is 4.30. The molecule has 0 unspecified atom stereocenters. The lowest BCUT2D eigenvalue weighted by molar-refractivity contribution is 0.603. The number of aryl methyl sites for hydroxylation is 2. The predicted octanol–water partition coefficient (Wildman–Crippen LogP) is 2.62. The number of rotatable bonds is 4. The van der Waals surface area contributed by atoms with Crippen molar-refractivity contribution in [1.82, 2.24) is 0 Å². The van der Waals surface area contributed by atoms with E-state index < -0.39 is 10.0 Å². The highest BCUT2D eigenvalue weighted by Gasteiger charge is 2.19. The molecule has 0 aliphatic carbocycles. The summed E-state index contributed by atoms with van der Waals surface area (Å²) in [5.74, 6) is 0. The number of thiophene rings is 1. The maximum Gasteiger partial charge on any atom is 0.271 e. The van der Waals surface area contributed by atoms with Crippen LogP contribution in [0.4, 0.5) is 5.69 Å². The lowest BCUT2D eigenvalue weighted by Crippen LogP contribution is -2.12. The summed E-state index contributed by atoms with van der Waals surface area (Å²) < 4.78 is 27.5. The van der Waals surface area contributed by atoms with Crippen LogP contribution in [-0.4, -0.2) is 8.42 Å². The Labute approximate surface area is 117 Å². The zero-order valence-corrected chi connectivity index (χ0v) is 12.4. The van der Waals surface area contributed by atoms with Gasteiger partial charge in [-0.3, -0.25) is 4.72 Å². The molecule has 0 spiro atoms. The van der Waals surface area contributed by atoms with Crippen molar-refractivity contribution in [3.8, 4) is 0 Å². The predicted molar refractivity (Wildman–Crippen MR) is 78.9 cm³/mol. The van der Waals surface area contributed by atoms with Crippen molar-refractivity contribution in [2.45, 2.75) is 24.6 Å². The van der Waals surface area contributed by atoms with E-state index in [2.05, 4.69) is 4.72 Å². The van der Waals surface area contributed by atoms with Gasteiger partial charge in [0.05, 0.1) is 5.69 Å². The van der Waals surface area contributed by atoms with Gasteiger partial charge in [-0.1, -0.05) is 18.2 Å². The van der Waals surface area contributed by atoms with Crippen LogP contribution in [0.15, 0.2) is 34.5 Å². The zero-order chi connectivity index (χ0) is 14.0. The van der Waals surface area contributed by atoms with Crippen LogP contribution in [-0.2, 0) is 16.6 Å².